The van der Waals surface area contributed by atoms with E-state index in [1.807, 2.05) is 13.8 Å². The topological polar surface area (TPSA) is 101 Å². The molecule has 0 aliphatic heterocycles. The van der Waals surface area contributed by atoms with E-state index < -0.39 is 41.9 Å². The number of aliphatic hydroxyl groups is 5. The molecule has 3 fully saturated rings. The lowest BCUT2D eigenvalue weighted by Crippen LogP contribution is -2.71. The molecule has 202 valence electrons. The number of allylic oxidation sites excluding steroid dienone is 1. The van der Waals surface area contributed by atoms with Gasteiger partial charge >= 0.3 is 0 Å². The lowest BCUT2D eigenvalue weighted by atomic mass is 9.37. The largest absolute Gasteiger partial charge is 0.393 e. The fraction of sp³-hybridized carbons (Fsp3) is 0.933. The van der Waals surface area contributed by atoms with Crippen LogP contribution in [0.4, 0.5) is 0 Å². The lowest BCUT2D eigenvalue weighted by Gasteiger charge is -2.69. The zero-order valence-electron chi connectivity index (χ0n) is 23.2. The summed E-state index contributed by atoms with van der Waals surface area (Å²) < 4.78 is 0. The second kappa shape index (κ2) is 9.38. The fourth-order valence-corrected chi connectivity index (χ4v) is 9.71. The Hall–Kier alpha value is -0.460. The predicted octanol–water partition coefficient (Wildman–Crippen LogP) is 4.44. The highest BCUT2D eigenvalue weighted by molar-refractivity contribution is 5.33. The van der Waals surface area contributed by atoms with Crippen molar-refractivity contribution in [2.24, 2.45) is 45.8 Å². The molecule has 0 aromatic rings. The summed E-state index contributed by atoms with van der Waals surface area (Å²) in [5.74, 6) is 0.824. The quantitative estimate of drug-likeness (QED) is 0.365. The van der Waals surface area contributed by atoms with E-state index in [4.69, 9.17) is 0 Å². The van der Waals surface area contributed by atoms with Crippen LogP contribution in [0.3, 0.4) is 0 Å². The van der Waals surface area contributed by atoms with Gasteiger partial charge in [0.15, 0.2) is 0 Å². The van der Waals surface area contributed by atoms with Crippen LogP contribution < -0.4 is 0 Å². The van der Waals surface area contributed by atoms with Gasteiger partial charge in [-0.3, -0.25) is 0 Å². The van der Waals surface area contributed by atoms with Crippen molar-refractivity contribution >= 4 is 0 Å². The van der Waals surface area contributed by atoms with Crippen LogP contribution in [0.5, 0.6) is 0 Å². The molecule has 35 heavy (non-hydrogen) atoms. The maximum absolute atomic E-state index is 12.1. The highest BCUT2D eigenvalue weighted by Crippen LogP contribution is 2.70. The number of fused-ring (bicyclic) bond motifs is 3. The fourth-order valence-electron chi connectivity index (χ4n) is 9.71. The molecular weight excluding hydrogens is 440 g/mol. The van der Waals surface area contributed by atoms with Crippen LogP contribution in [0.1, 0.15) is 99.8 Å². The second-order valence-corrected chi connectivity index (χ2v) is 14.1. The molecule has 3 saturated carbocycles. The molecule has 0 bridgehead atoms. The average Bonchev–Trinajstić information content (AvgIpc) is 2.74. The van der Waals surface area contributed by atoms with Crippen molar-refractivity contribution in [3.63, 3.8) is 0 Å². The summed E-state index contributed by atoms with van der Waals surface area (Å²) >= 11 is 0. The van der Waals surface area contributed by atoms with Crippen molar-refractivity contribution in [3.8, 4) is 0 Å². The van der Waals surface area contributed by atoms with Crippen molar-refractivity contribution in [3.05, 3.63) is 11.1 Å². The molecule has 0 heterocycles. The van der Waals surface area contributed by atoms with Crippen LogP contribution in [-0.2, 0) is 0 Å². The van der Waals surface area contributed by atoms with Gasteiger partial charge < -0.3 is 25.5 Å². The molecule has 13 atom stereocenters. The van der Waals surface area contributed by atoms with E-state index in [2.05, 4.69) is 27.7 Å². The maximum Gasteiger partial charge on any atom is 0.0861 e. The van der Waals surface area contributed by atoms with Gasteiger partial charge in [0.2, 0.25) is 0 Å². The summed E-state index contributed by atoms with van der Waals surface area (Å²) in [6, 6.07) is 0. The number of aliphatic hydroxyl groups excluding tert-OH is 5. The third kappa shape index (κ3) is 4.07. The Balaban J connectivity index is 1.72. The van der Waals surface area contributed by atoms with Gasteiger partial charge in [-0.15, -0.1) is 0 Å². The maximum atomic E-state index is 12.1. The summed E-state index contributed by atoms with van der Waals surface area (Å²) in [6.07, 6.45) is 3.68. The van der Waals surface area contributed by atoms with E-state index in [9.17, 15) is 25.5 Å². The van der Waals surface area contributed by atoms with Gasteiger partial charge in [0.1, 0.15) is 0 Å². The molecule has 10 unspecified atom stereocenters. The third-order valence-electron chi connectivity index (χ3n) is 11.9. The smallest absolute Gasteiger partial charge is 0.0861 e. The first-order valence-corrected chi connectivity index (χ1v) is 14.3. The van der Waals surface area contributed by atoms with Gasteiger partial charge in [-0.2, -0.15) is 0 Å². The third-order valence-corrected chi connectivity index (χ3v) is 11.9. The molecule has 0 aromatic carbocycles. The normalized spacial score (nSPS) is 51.8. The molecular formula is C30H52O5. The van der Waals surface area contributed by atoms with Gasteiger partial charge in [0.05, 0.1) is 30.5 Å². The van der Waals surface area contributed by atoms with Gasteiger partial charge in [0, 0.05) is 17.3 Å². The summed E-state index contributed by atoms with van der Waals surface area (Å²) in [5, 5.41) is 57.1. The standard InChI is InChI=1S/C30H52O5/c1-8-16(2)9-10-19-11-12-21(32)23-20(19)14-28(5)15-29(6)13-17(3)22(18(4)31)26(34)30(29,7)27(35)24(28)25(23)33/h16,18-21,23-27,31-35H,8-15H2,1-7H3/t16?,18?,19?,20?,21?,23?,24?,25?,26?,27?,28-,29+,30-/m0/s1. The predicted molar refractivity (Wildman–Crippen MR) is 138 cm³/mol. The summed E-state index contributed by atoms with van der Waals surface area (Å²) in [6.45, 7) is 14.6. The first-order valence-electron chi connectivity index (χ1n) is 14.3. The SMILES string of the molecule is CCC(C)CCC1CCC(O)C2C(O)C3C(O)[C@]4(C)C(O)C(C(C)O)=C(C)C[C@]4(C)C[C@]3(C)CC12. The number of hydrogen-bond donors (Lipinski definition) is 5. The van der Waals surface area contributed by atoms with E-state index in [1.54, 1.807) is 6.92 Å². The van der Waals surface area contributed by atoms with Gasteiger partial charge in [0.25, 0.3) is 0 Å². The Labute approximate surface area is 213 Å². The van der Waals surface area contributed by atoms with E-state index in [1.165, 1.54) is 12.8 Å². The molecule has 0 spiro atoms. The Morgan fingerprint density at radius 3 is 2.29 bits per heavy atom. The molecule has 5 heteroatoms. The Morgan fingerprint density at radius 2 is 1.69 bits per heavy atom. The van der Waals surface area contributed by atoms with Crippen molar-refractivity contribution in [1.82, 2.24) is 0 Å². The highest BCUT2D eigenvalue weighted by atomic mass is 16.3. The minimum absolute atomic E-state index is 0.222. The van der Waals surface area contributed by atoms with Gasteiger partial charge in [-0.05, 0) is 86.5 Å². The molecule has 5 nitrogen and oxygen atoms in total. The lowest BCUT2D eigenvalue weighted by molar-refractivity contribution is -0.273. The van der Waals surface area contributed by atoms with E-state index in [0.717, 1.165) is 37.7 Å². The zero-order valence-corrected chi connectivity index (χ0v) is 23.2. The summed E-state index contributed by atoms with van der Waals surface area (Å²) in [4.78, 5) is 0. The molecule has 4 rings (SSSR count). The monoisotopic (exact) mass is 492 g/mol. The summed E-state index contributed by atoms with van der Waals surface area (Å²) in [7, 11) is 0. The second-order valence-electron chi connectivity index (χ2n) is 14.1. The van der Waals surface area contributed by atoms with Crippen molar-refractivity contribution < 1.29 is 25.5 Å². The Kier molecular flexibility index (Phi) is 7.39. The highest BCUT2D eigenvalue weighted by Gasteiger charge is 2.70. The van der Waals surface area contributed by atoms with E-state index in [0.29, 0.717) is 23.8 Å². The van der Waals surface area contributed by atoms with Crippen molar-refractivity contribution in [2.75, 3.05) is 0 Å². The molecule has 0 aromatic heterocycles. The van der Waals surface area contributed by atoms with E-state index in [-0.39, 0.29) is 22.7 Å². The zero-order chi connectivity index (χ0) is 26.1. The number of hydrogen-bond acceptors (Lipinski definition) is 5. The molecule has 4 aliphatic rings. The molecule has 4 aliphatic carbocycles. The van der Waals surface area contributed by atoms with Crippen molar-refractivity contribution in [1.29, 1.82) is 0 Å². The molecule has 0 saturated heterocycles. The molecule has 0 amide bonds. The van der Waals surface area contributed by atoms with E-state index >= 15 is 0 Å². The van der Waals surface area contributed by atoms with Gasteiger partial charge in [-0.25, -0.2) is 0 Å². The van der Waals surface area contributed by atoms with Crippen LogP contribution in [-0.4, -0.2) is 56.1 Å². The Morgan fingerprint density at radius 1 is 1.03 bits per heavy atom. The first kappa shape index (κ1) is 27.6. The summed E-state index contributed by atoms with van der Waals surface area (Å²) in [5.41, 5.74) is 0.134. The average molecular weight is 493 g/mol. The van der Waals surface area contributed by atoms with Crippen molar-refractivity contribution in [2.45, 2.75) is 130 Å². The van der Waals surface area contributed by atoms with Gasteiger partial charge in [-0.1, -0.05) is 53.0 Å². The van der Waals surface area contributed by atoms with Crippen LogP contribution in [0.2, 0.25) is 0 Å². The molecule has 0 radical (unpaired) electrons. The number of rotatable bonds is 5. The van der Waals surface area contributed by atoms with Crippen LogP contribution in [0.15, 0.2) is 11.1 Å². The minimum Gasteiger partial charge on any atom is -0.393 e. The Bertz CT molecular complexity index is 824. The van der Waals surface area contributed by atoms with Crippen LogP contribution in [0, 0.1) is 45.8 Å². The molecule has 5 N–H and O–H groups in total. The van der Waals surface area contributed by atoms with Crippen LogP contribution in [0.25, 0.3) is 0 Å². The minimum atomic E-state index is -0.967. The first-order chi connectivity index (χ1) is 16.2. The van der Waals surface area contributed by atoms with Crippen LogP contribution >= 0.6 is 0 Å².